The molecule has 0 spiro atoms. The van der Waals surface area contributed by atoms with Crippen molar-refractivity contribution in [3.63, 3.8) is 0 Å². The van der Waals surface area contributed by atoms with Crippen molar-refractivity contribution in [3.8, 4) is 0 Å². The minimum absolute atomic E-state index is 0.189. The molecule has 11 heteroatoms. The standard InChI is InChI=1S/C29H15Br3N4O4/c1-14-8-18-22(20(31)9-14)35(28(39)15-4-2-6-33-12-15)24(26(18)37)25-27(38)19-10-17(30)11-21(32)23(19)36(25)29(40)16-5-3-7-34-13-16/h2-13H,1H3/b25-24+. The quantitative estimate of drug-likeness (QED) is 0.215. The van der Waals surface area contributed by atoms with Crippen molar-refractivity contribution in [2.24, 2.45) is 0 Å². The molecular weight excluding hydrogens is 708 g/mol. The van der Waals surface area contributed by atoms with Crippen LogP contribution in [0.15, 0.2) is 98.1 Å². The average Bonchev–Trinajstić information content (AvgIpc) is 3.39. The molecule has 4 aromatic rings. The van der Waals surface area contributed by atoms with Gasteiger partial charge < -0.3 is 0 Å². The number of hydrogen-bond donors (Lipinski definition) is 0. The predicted molar refractivity (Wildman–Crippen MR) is 159 cm³/mol. The average molecular weight is 723 g/mol. The maximum absolute atomic E-state index is 14.2. The SMILES string of the molecule is Cc1cc(Br)c2c(c1)C(=O)/C(=C1/C(=O)c3cc(Br)cc(Br)c3N1C(=O)c1cccnc1)N2C(=O)c1cccnc1. The van der Waals surface area contributed by atoms with Crippen LogP contribution in [0.2, 0.25) is 0 Å². The van der Waals surface area contributed by atoms with Crippen LogP contribution in [0.1, 0.15) is 47.0 Å². The summed E-state index contributed by atoms with van der Waals surface area (Å²) in [6.07, 6.45) is 5.81. The van der Waals surface area contributed by atoms with Gasteiger partial charge in [0.15, 0.2) is 0 Å². The Balaban J connectivity index is 1.69. The Labute approximate surface area is 253 Å². The monoisotopic (exact) mass is 720 g/mol. The molecule has 0 atom stereocenters. The molecule has 196 valence electrons. The number of anilines is 2. The lowest BCUT2D eigenvalue weighted by molar-refractivity contribution is 0.0953. The van der Waals surface area contributed by atoms with Gasteiger partial charge in [-0.15, -0.1) is 0 Å². The van der Waals surface area contributed by atoms with Crippen LogP contribution in [-0.2, 0) is 0 Å². The highest BCUT2D eigenvalue weighted by molar-refractivity contribution is 9.11. The van der Waals surface area contributed by atoms with E-state index in [1.807, 2.05) is 6.92 Å². The summed E-state index contributed by atoms with van der Waals surface area (Å²) in [5, 5.41) is 0. The van der Waals surface area contributed by atoms with Crippen molar-refractivity contribution < 1.29 is 19.2 Å². The van der Waals surface area contributed by atoms with Crippen LogP contribution in [0, 0.1) is 6.92 Å². The number of aryl methyl sites for hydroxylation is 1. The Morgan fingerprint density at radius 2 is 1.18 bits per heavy atom. The summed E-state index contributed by atoms with van der Waals surface area (Å²) >= 11 is 10.4. The van der Waals surface area contributed by atoms with E-state index in [4.69, 9.17) is 0 Å². The second kappa shape index (κ2) is 9.99. The number of Topliss-reactive ketones (excluding diaryl/α,β-unsaturated/α-hetero) is 2. The molecule has 2 aromatic carbocycles. The number of pyridine rings is 2. The van der Waals surface area contributed by atoms with E-state index >= 15 is 0 Å². The number of rotatable bonds is 2. The third-order valence-corrected chi connectivity index (χ3v) is 8.16. The Hall–Kier alpha value is -3.80. The number of carbonyl (C=O) groups excluding carboxylic acids is 4. The molecule has 0 N–H and O–H groups in total. The third-order valence-electron chi connectivity index (χ3n) is 6.50. The first-order chi connectivity index (χ1) is 19.2. The topological polar surface area (TPSA) is 101 Å². The molecule has 0 radical (unpaired) electrons. The summed E-state index contributed by atoms with van der Waals surface area (Å²) < 4.78 is 1.53. The van der Waals surface area contributed by atoms with Crippen LogP contribution < -0.4 is 9.80 Å². The number of aromatic nitrogens is 2. The van der Waals surface area contributed by atoms with E-state index in [1.54, 1.807) is 48.5 Å². The summed E-state index contributed by atoms with van der Waals surface area (Å²) in [5.41, 5.74) is 1.67. The zero-order chi connectivity index (χ0) is 28.3. The molecule has 0 fully saturated rings. The number of halogens is 3. The maximum atomic E-state index is 14.2. The number of benzene rings is 2. The summed E-state index contributed by atoms with van der Waals surface area (Å²) in [7, 11) is 0. The van der Waals surface area contributed by atoms with E-state index in [2.05, 4.69) is 57.8 Å². The van der Waals surface area contributed by atoms with E-state index in [0.717, 1.165) is 5.56 Å². The summed E-state index contributed by atoms with van der Waals surface area (Å²) in [6, 6.07) is 13.1. The summed E-state index contributed by atoms with van der Waals surface area (Å²) in [6.45, 7) is 1.82. The largest absolute Gasteiger partial charge is 0.287 e. The highest BCUT2D eigenvalue weighted by Gasteiger charge is 2.48. The normalized spacial score (nSPS) is 15.9. The predicted octanol–water partition coefficient (Wildman–Crippen LogP) is 6.67. The van der Waals surface area contributed by atoms with E-state index < -0.39 is 23.4 Å². The van der Waals surface area contributed by atoms with Gasteiger partial charge in [-0.05, 0) is 92.9 Å². The molecule has 2 aliphatic rings. The Bertz CT molecular complexity index is 1690. The van der Waals surface area contributed by atoms with Gasteiger partial charge in [-0.2, -0.15) is 0 Å². The number of carbonyl (C=O) groups is 4. The molecular formula is C29H15Br3N4O4. The van der Waals surface area contributed by atoms with Crippen molar-refractivity contribution in [1.29, 1.82) is 0 Å². The van der Waals surface area contributed by atoms with Crippen LogP contribution in [0.3, 0.4) is 0 Å². The van der Waals surface area contributed by atoms with Crippen LogP contribution >= 0.6 is 47.8 Å². The number of fused-ring (bicyclic) bond motifs is 2. The van der Waals surface area contributed by atoms with Crippen molar-refractivity contribution in [3.05, 3.63) is 126 Å². The van der Waals surface area contributed by atoms with Crippen LogP contribution in [0.25, 0.3) is 0 Å². The lowest BCUT2D eigenvalue weighted by Gasteiger charge is -2.25. The minimum Gasteiger partial charge on any atom is -0.287 e. The van der Waals surface area contributed by atoms with E-state index in [1.165, 1.54) is 34.6 Å². The Kier molecular flexibility index (Phi) is 6.60. The Morgan fingerprint density at radius 3 is 1.65 bits per heavy atom. The fourth-order valence-electron chi connectivity index (χ4n) is 4.85. The number of allylic oxidation sites excluding steroid dienone is 2. The molecule has 6 rings (SSSR count). The lowest BCUT2D eigenvalue weighted by atomic mass is 10.1. The molecule has 0 saturated carbocycles. The molecule has 2 amide bonds. The fraction of sp³-hybridized carbons (Fsp3) is 0.0345. The van der Waals surface area contributed by atoms with Gasteiger partial charge in [-0.3, -0.25) is 38.9 Å². The van der Waals surface area contributed by atoms with E-state index in [-0.39, 0.29) is 45.0 Å². The van der Waals surface area contributed by atoms with Gasteiger partial charge in [0.1, 0.15) is 11.4 Å². The zero-order valence-corrected chi connectivity index (χ0v) is 25.2. The number of nitrogens with zero attached hydrogens (tertiary/aromatic N) is 4. The highest BCUT2D eigenvalue weighted by Crippen LogP contribution is 2.48. The van der Waals surface area contributed by atoms with Gasteiger partial charge in [0.05, 0.1) is 28.1 Å². The molecule has 2 aromatic heterocycles. The maximum Gasteiger partial charge on any atom is 0.264 e. The van der Waals surface area contributed by atoms with Crippen LogP contribution in [0.4, 0.5) is 11.4 Å². The van der Waals surface area contributed by atoms with Crippen molar-refractivity contribution in [2.45, 2.75) is 6.92 Å². The summed E-state index contributed by atoms with van der Waals surface area (Å²) in [4.78, 5) is 66.9. The number of amides is 2. The van der Waals surface area contributed by atoms with Crippen molar-refractivity contribution in [2.75, 3.05) is 9.80 Å². The zero-order valence-electron chi connectivity index (χ0n) is 20.5. The molecule has 0 unspecified atom stereocenters. The van der Waals surface area contributed by atoms with Gasteiger partial charge in [0, 0.05) is 43.8 Å². The Morgan fingerprint density at radius 1 is 0.700 bits per heavy atom. The van der Waals surface area contributed by atoms with Crippen molar-refractivity contribution in [1.82, 2.24) is 9.97 Å². The second-order valence-corrected chi connectivity index (χ2v) is 11.7. The molecule has 40 heavy (non-hydrogen) atoms. The van der Waals surface area contributed by atoms with Crippen LogP contribution in [0.5, 0.6) is 0 Å². The molecule has 4 heterocycles. The minimum atomic E-state index is -0.585. The number of ketones is 2. The van der Waals surface area contributed by atoms with Crippen LogP contribution in [-0.4, -0.2) is 33.3 Å². The lowest BCUT2D eigenvalue weighted by Crippen LogP contribution is -2.37. The molecule has 0 saturated heterocycles. The highest BCUT2D eigenvalue weighted by atomic mass is 79.9. The van der Waals surface area contributed by atoms with Gasteiger partial charge in [-0.1, -0.05) is 15.9 Å². The molecule has 8 nitrogen and oxygen atoms in total. The van der Waals surface area contributed by atoms with E-state index in [9.17, 15) is 19.2 Å². The third kappa shape index (κ3) is 4.07. The second-order valence-electron chi connectivity index (χ2n) is 9.05. The molecule has 2 aliphatic heterocycles. The first kappa shape index (κ1) is 26.4. The molecule has 0 aliphatic carbocycles. The fourth-order valence-corrected chi connectivity index (χ4v) is 7.01. The summed E-state index contributed by atoms with van der Waals surface area (Å²) in [5.74, 6) is -2.31. The smallest absolute Gasteiger partial charge is 0.264 e. The number of hydrogen-bond acceptors (Lipinski definition) is 6. The first-order valence-electron chi connectivity index (χ1n) is 11.8. The molecule has 0 bridgehead atoms. The van der Waals surface area contributed by atoms with E-state index in [0.29, 0.717) is 13.4 Å². The van der Waals surface area contributed by atoms with Gasteiger partial charge in [0.2, 0.25) is 11.6 Å². The van der Waals surface area contributed by atoms with Gasteiger partial charge in [0.25, 0.3) is 11.8 Å². The first-order valence-corrected chi connectivity index (χ1v) is 14.2. The van der Waals surface area contributed by atoms with Gasteiger partial charge in [-0.25, -0.2) is 0 Å². The van der Waals surface area contributed by atoms with Crippen molar-refractivity contribution >= 4 is 82.5 Å². The van der Waals surface area contributed by atoms with Gasteiger partial charge >= 0.3 is 0 Å².